The Labute approximate surface area is 121 Å². The van der Waals surface area contributed by atoms with Crippen LogP contribution in [0.1, 0.15) is 39.4 Å². The van der Waals surface area contributed by atoms with Gasteiger partial charge >= 0.3 is 0 Å². The van der Waals surface area contributed by atoms with E-state index in [4.69, 9.17) is 4.52 Å². The number of hydrogen-bond acceptors (Lipinski definition) is 4. The Balaban J connectivity index is 1.78. The fraction of sp³-hybridized carbons (Fsp3) is 0.267. The second kappa shape index (κ2) is 5.40. The Hall–Kier alpha value is -2.63. The first-order chi connectivity index (χ1) is 10.1. The fourth-order valence-corrected chi connectivity index (χ4v) is 1.94. The average molecular weight is 285 g/mol. The Bertz CT molecular complexity index is 689. The van der Waals surface area contributed by atoms with E-state index < -0.39 is 5.91 Å². The van der Waals surface area contributed by atoms with Crippen molar-refractivity contribution < 1.29 is 14.1 Å². The third kappa shape index (κ3) is 3.10. The van der Waals surface area contributed by atoms with Crippen LogP contribution in [0, 0.1) is 6.92 Å². The van der Waals surface area contributed by atoms with Crippen molar-refractivity contribution in [1.29, 1.82) is 0 Å². The number of amides is 2. The van der Waals surface area contributed by atoms with Crippen molar-refractivity contribution >= 4 is 17.5 Å². The van der Waals surface area contributed by atoms with Crippen LogP contribution in [0.3, 0.4) is 0 Å². The number of anilines is 1. The van der Waals surface area contributed by atoms with E-state index in [0.717, 1.165) is 12.8 Å². The van der Waals surface area contributed by atoms with Crippen LogP contribution in [-0.2, 0) is 0 Å². The zero-order valence-electron chi connectivity index (χ0n) is 11.6. The second-order valence-electron chi connectivity index (χ2n) is 5.07. The van der Waals surface area contributed by atoms with E-state index in [1.165, 1.54) is 0 Å². The molecule has 1 heterocycles. The first kappa shape index (κ1) is 13.4. The minimum Gasteiger partial charge on any atom is -0.361 e. The maximum absolute atomic E-state index is 12.1. The summed E-state index contributed by atoms with van der Waals surface area (Å²) in [5, 5.41) is 9.25. The highest BCUT2D eigenvalue weighted by Crippen LogP contribution is 2.21. The highest BCUT2D eigenvalue weighted by atomic mass is 16.5. The van der Waals surface area contributed by atoms with Crippen molar-refractivity contribution in [2.75, 3.05) is 5.32 Å². The molecule has 6 heteroatoms. The van der Waals surface area contributed by atoms with Crippen LogP contribution in [0.5, 0.6) is 0 Å². The Morgan fingerprint density at radius 2 is 2.00 bits per heavy atom. The molecule has 21 heavy (non-hydrogen) atoms. The Morgan fingerprint density at radius 1 is 1.24 bits per heavy atom. The lowest BCUT2D eigenvalue weighted by Gasteiger charge is -2.10. The van der Waals surface area contributed by atoms with Crippen LogP contribution >= 0.6 is 0 Å². The van der Waals surface area contributed by atoms with E-state index in [1.807, 2.05) is 0 Å². The molecule has 0 radical (unpaired) electrons. The quantitative estimate of drug-likeness (QED) is 0.901. The van der Waals surface area contributed by atoms with E-state index in [1.54, 1.807) is 37.3 Å². The van der Waals surface area contributed by atoms with Gasteiger partial charge in [0.25, 0.3) is 11.8 Å². The summed E-state index contributed by atoms with van der Waals surface area (Å²) in [6.45, 7) is 1.71. The van der Waals surface area contributed by atoms with Gasteiger partial charge in [0, 0.05) is 12.1 Å². The summed E-state index contributed by atoms with van der Waals surface area (Å²) < 4.78 is 4.87. The summed E-state index contributed by atoms with van der Waals surface area (Å²) in [7, 11) is 0. The second-order valence-corrected chi connectivity index (χ2v) is 5.07. The van der Waals surface area contributed by atoms with Gasteiger partial charge in [0.05, 0.1) is 11.3 Å². The number of nitrogens with one attached hydrogen (secondary N) is 2. The zero-order chi connectivity index (χ0) is 14.8. The predicted molar refractivity (Wildman–Crippen MR) is 76.1 cm³/mol. The lowest BCUT2D eigenvalue weighted by molar-refractivity contribution is 0.0952. The first-order valence-electron chi connectivity index (χ1n) is 6.78. The zero-order valence-corrected chi connectivity index (χ0v) is 11.6. The molecule has 1 saturated carbocycles. The minimum atomic E-state index is -0.404. The van der Waals surface area contributed by atoms with Crippen LogP contribution in [0.15, 0.2) is 34.9 Å². The van der Waals surface area contributed by atoms with Gasteiger partial charge in [-0.25, -0.2) is 0 Å². The fourth-order valence-electron chi connectivity index (χ4n) is 1.94. The molecule has 0 bridgehead atoms. The SMILES string of the molecule is Cc1cc(C(=O)Nc2ccccc2C(=O)NC2CC2)no1. The lowest BCUT2D eigenvalue weighted by atomic mass is 10.1. The van der Waals surface area contributed by atoms with Gasteiger partial charge in [0.15, 0.2) is 5.69 Å². The molecule has 3 rings (SSSR count). The molecule has 1 aromatic heterocycles. The number of benzene rings is 1. The molecule has 1 aliphatic carbocycles. The van der Waals surface area contributed by atoms with Gasteiger partial charge in [0.2, 0.25) is 0 Å². The molecule has 6 nitrogen and oxygen atoms in total. The monoisotopic (exact) mass is 285 g/mol. The van der Waals surface area contributed by atoms with Crippen LogP contribution in [-0.4, -0.2) is 23.0 Å². The third-order valence-electron chi connectivity index (χ3n) is 3.19. The molecular formula is C15H15N3O3. The summed E-state index contributed by atoms with van der Waals surface area (Å²) in [5.41, 5.74) is 1.09. The molecule has 1 fully saturated rings. The molecule has 0 saturated heterocycles. The molecule has 0 aliphatic heterocycles. The van der Waals surface area contributed by atoms with Gasteiger partial charge in [-0.15, -0.1) is 0 Å². The number of hydrogen-bond donors (Lipinski definition) is 2. The highest BCUT2D eigenvalue weighted by Gasteiger charge is 2.25. The first-order valence-corrected chi connectivity index (χ1v) is 6.78. The van der Waals surface area contributed by atoms with Crippen molar-refractivity contribution in [3.05, 3.63) is 47.3 Å². The lowest BCUT2D eigenvalue weighted by Crippen LogP contribution is -2.27. The summed E-state index contributed by atoms with van der Waals surface area (Å²) >= 11 is 0. The molecule has 108 valence electrons. The van der Waals surface area contributed by atoms with Crippen LogP contribution in [0.25, 0.3) is 0 Å². The summed E-state index contributed by atoms with van der Waals surface area (Å²) in [5.74, 6) is -0.0248. The van der Waals surface area contributed by atoms with Crippen LogP contribution in [0.2, 0.25) is 0 Å². The minimum absolute atomic E-state index is 0.176. The molecule has 2 aromatic rings. The molecule has 1 aromatic carbocycles. The van der Waals surface area contributed by atoms with E-state index >= 15 is 0 Å². The number of aryl methyl sites for hydroxylation is 1. The average Bonchev–Trinajstić information content (AvgIpc) is 3.17. The Kier molecular flexibility index (Phi) is 3.43. The summed E-state index contributed by atoms with van der Waals surface area (Å²) in [6.07, 6.45) is 2.02. The van der Waals surface area contributed by atoms with E-state index in [2.05, 4.69) is 15.8 Å². The number of carbonyl (C=O) groups is 2. The maximum Gasteiger partial charge on any atom is 0.277 e. The van der Waals surface area contributed by atoms with Gasteiger partial charge in [-0.1, -0.05) is 17.3 Å². The molecule has 0 spiro atoms. The summed E-state index contributed by atoms with van der Waals surface area (Å²) in [4.78, 5) is 24.2. The van der Waals surface area contributed by atoms with Crippen molar-refractivity contribution in [3.8, 4) is 0 Å². The van der Waals surface area contributed by atoms with Crippen molar-refractivity contribution in [2.45, 2.75) is 25.8 Å². The van der Waals surface area contributed by atoms with Gasteiger partial charge in [-0.2, -0.15) is 0 Å². The molecule has 2 N–H and O–H groups in total. The smallest absolute Gasteiger partial charge is 0.277 e. The Morgan fingerprint density at radius 3 is 2.67 bits per heavy atom. The number of rotatable bonds is 4. The van der Waals surface area contributed by atoms with Crippen molar-refractivity contribution in [3.63, 3.8) is 0 Å². The number of carbonyl (C=O) groups excluding carboxylic acids is 2. The molecular weight excluding hydrogens is 270 g/mol. The van der Waals surface area contributed by atoms with Crippen molar-refractivity contribution in [2.24, 2.45) is 0 Å². The molecule has 2 amide bonds. The van der Waals surface area contributed by atoms with Gasteiger partial charge in [-0.05, 0) is 31.9 Å². The maximum atomic E-state index is 12.1. The number of nitrogens with zero attached hydrogens (tertiary/aromatic N) is 1. The van der Waals surface area contributed by atoms with E-state index in [0.29, 0.717) is 17.0 Å². The van der Waals surface area contributed by atoms with E-state index in [-0.39, 0.29) is 17.6 Å². The van der Waals surface area contributed by atoms with Gasteiger partial charge < -0.3 is 15.2 Å². The molecule has 0 unspecified atom stereocenters. The normalized spacial score (nSPS) is 13.8. The van der Waals surface area contributed by atoms with Crippen LogP contribution < -0.4 is 10.6 Å². The standard InChI is InChI=1S/C15H15N3O3/c1-9-8-13(18-21-9)15(20)17-12-5-3-2-4-11(12)14(19)16-10-6-7-10/h2-5,8,10H,6-7H2,1H3,(H,16,19)(H,17,20). The van der Waals surface area contributed by atoms with Gasteiger partial charge in [0.1, 0.15) is 5.76 Å². The predicted octanol–water partition coefficient (Wildman–Crippen LogP) is 2.13. The van der Waals surface area contributed by atoms with Gasteiger partial charge in [-0.3, -0.25) is 9.59 Å². The summed E-state index contributed by atoms with van der Waals surface area (Å²) in [6, 6.07) is 8.70. The number of aromatic nitrogens is 1. The van der Waals surface area contributed by atoms with E-state index in [9.17, 15) is 9.59 Å². The molecule has 1 aliphatic rings. The topological polar surface area (TPSA) is 84.2 Å². The highest BCUT2D eigenvalue weighted by molar-refractivity contribution is 6.08. The largest absolute Gasteiger partial charge is 0.361 e. The number of para-hydroxylation sites is 1. The molecule has 0 atom stereocenters. The van der Waals surface area contributed by atoms with Crippen molar-refractivity contribution in [1.82, 2.24) is 10.5 Å². The van der Waals surface area contributed by atoms with Crippen LogP contribution in [0.4, 0.5) is 5.69 Å². The third-order valence-corrected chi connectivity index (χ3v) is 3.19.